The van der Waals surface area contributed by atoms with Crippen molar-refractivity contribution >= 4 is 5.78 Å². The molecule has 0 radical (unpaired) electrons. The number of carbonyl (C=O) groups is 1. The molecule has 0 aromatic heterocycles. The van der Waals surface area contributed by atoms with Gasteiger partial charge in [-0.25, -0.2) is 0 Å². The van der Waals surface area contributed by atoms with E-state index in [1.165, 1.54) is 64.2 Å². The summed E-state index contributed by atoms with van der Waals surface area (Å²) < 4.78 is 0. The zero-order valence-electron chi connectivity index (χ0n) is 17.9. The SMILES string of the molecule is CCCCC1CCC2C3C[C@H](CC)C4CC(=O)CCC4(C)[C@H]3CCC12C. The average molecular weight is 359 g/mol. The molecule has 6 unspecified atom stereocenters. The van der Waals surface area contributed by atoms with E-state index in [-0.39, 0.29) is 0 Å². The normalized spacial score (nSPS) is 50.8. The van der Waals surface area contributed by atoms with Crippen LogP contribution in [-0.4, -0.2) is 5.78 Å². The van der Waals surface area contributed by atoms with E-state index in [1.807, 2.05) is 0 Å². The second kappa shape index (κ2) is 6.93. The maximum atomic E-state index is 12.3. The highest BCUT2D eigenvalue weighted by Crippen LogP contribution is 2.68. The first-order chi connectivity index (χ1) is 12.4. The molecule has 4 fully saturated rings. The lowest BCUT2D eigenvalue weighted by molar-refractivity contribution is -0.151. The second-order valence-electron chi connectivity index (χ2n) is 11.1. The van der Waals surface area contributed by atoms with Gasteiger partial charge in [-0.15, -0.1) is 0 Å². The van der Waals surface area contributed by atoms with Crippen molar-refractivity contribution < 1.29 is 4.79 Å². The molecular weight excluding hydrogens is 316 g/mol. The minimum Gasteiger partial charge on any atom is -0.300 e. The molecule has 0 aliphatic heterocycles. The molecule has 26 heavy (non-hydrogen) atoms. The van der Waals surface area contributed by atoms with Gasteiger partial charge in [0.15, 0.2) is 0 Å². The zero-order chi connectivity index (χ0) is 18.5. The molecule has 0 N–H and O–H groups in total. The van der Waals surface area contributed by atoms with E-state index in [0.29, 0.717) is 22.5 Å². The van der Waals surface area contributed by atoms with Crippen LogP contribution >= 0.6 is 0 Å². The third-order valence-electron chi connectivity index (χ3n) is 10.3. The van der Waals surface area contributed by atoms with E-state index in [9.17, 15) is 4.79 Å². The van der Waals surface area contributed by atoms with Gasteiger partial charge in [-0.05, 0) is 91.3 Å². The lowest BCUT2D eigenvalue weighted by Crippen LogP contribution is -2.56. The summed E-state index contributed by atoms with van der Waals surface area (Å²) in [7, 11) is 0. The molecule has 0 heterocycles. The number of Topliss-reactive ketones (excluding diaryl/α,β-unsaturated/α-hetero) is 1. The molecular formula is C25H42O. The Labute approximate surface area is 162 Å². The predicted octanol–water partition coefficient (Wildman–Crippen LogP) is 7.04. The van der Waals surface area contributed by atoms with Crippen LogP contribution in [0.25, 0.3) is 0 Å². The van der Waals surface area contributed by atoms with E-state index < -0.39 is 0 Å². The Morgan fingerprint density at radius 3 is 2.46 bits per heavy atom. The van der Waals surface area contributed by atoms with Gasteiger partial charge in [-0.2, -0.15) is 0 Å². The molecule has 8 atom stereocenters. The van der Waals surface area contributed by atoms with Gasteiger partial charge in [-0.1, -0.05) is 47.0 Å². The highest BCUT2D eigenvalue weighted by atomic mass is 16.1. The summed E-state index contributed by atoms with van der Waals surface area (Å²) in [6.45, 7) is 10.0. The number of carbonyl (C=O) groups excluding carboxylic acids is 1. The first-order valence-corrected chi connectivity index (χ1v) is 12.0. The number of rotatable bonds is 4. The summed E-state index contributed by atoms with van der Waals surface area (Å²) in [5.41, 5.74) is 1.09. The number of ketones is 1. The van der Waals surface area contributed by atoms with Crippen LogP contribution in [0.4, 0.5) is 0 Å². The summed E-state index contributed by atoms with van der Waals surface area (Å²) in [4.78, 5) is 12.3. The average Bonchev–Trinajstić information content (AvgIpc) is 2.96. The summed E-state index contributed by atoms with van der Waals surface area (Å²) >= 11 is 0. The lowest BCUT2D eigenvalue weighted by Gasteiger charge is -2.62. The molecule has 4 rings (SSSR count). The van der Waals surface area contributed by atoms with Crippen LogP contribution < -0.4 is 0 Å². The van der Waals surface area contributed by atoms with E-state index in [0.717, 1.165) is 42.4 Å². The largest absolute Gasteiger partial charge is 0.300 e. The Bertz CT molecular complexity index is 538. The fourth-order valence-corrected chi connectivity index (χ4v) is 8.77. The van der Waals surface area contributed by atoms with Crippen molar-refractivity contribution in [3.05, 3.63) is 0 Å². The maximum Gasteiger partial charge on any atom is 0.133 e. The van der Waals surface area contributed by atoms with Crippen molar-refractivity contribution in [2.45, 2.75) is 105 Å². The van der Waals surface area contributed by atoms with Crippen LogP contribution in [0.2, 0.25) is 0 Å². The Morgan fingerprint density at radius 1 is 0.962 bits per heavy atom. The van der Waals surface area contributed by atoms with E-state index >= 15 is 0 Å². The highest BCUT2D eigenvalue weighted by molar-refractivity contribution is 5.79. The van der Waals surface area contributed by atoms with Crippen LogP contribution in [0, 0.1) is 46.3 Å². The van der Waals surface area contributed by atoms with E-state index in [2.05, 4.69) is 27.7 Å². The van der Waals surface area contributed by atoms with Crippen molar-refractivity contribution in [2.75, 3.05) is 0 Å². The lowest BCUT2D eigenvalue weighted by atomic mass is 9.42. The van der Waals surface area contributed by atoms with Gasteiger partial charge in [0, 0.05) is 12.8 Å². The van der Waals surface area contributed by atoms with Gasteiger partial charge in [-0.3, -0.25) is 4.79 Å². The molecule has 1 heteroatoms. The molecule has 4 aliphatic carbocycles. The third kappa shape index (κ3) is 2.74. The molecule has 0 bridgehead atoms. The van der Waals surface area contributed by atoms with Gasteiger partial charge < -0.3 is 0 Å². The molecule has 0 spiro atoms. The summed E-state index contributed by atoms with van der Waals surface area (Å²) in [5, 5.41) is 0. The molecule has 0 amide bonds. The Balaban J connectivity index is 1.61. The maximum absolute atomic E-state index is 12.3. The fourth-order valence-electron chi connectivity index (χ4n) is 8.77. The molecule has 4 aliphatic rings. The number of hydrogen-bond donors (Lipinski definition) is 0. The Morgan fingerprint density at radius 2 is 1.73 bits per heavy atom. The Kier molecular flexibility index (Phi) is 5.06. The van der Waals surface area contributed by atoms with Gasteiger partial charge in [0.2, 0.25) is 0 Å². The minimum absolute atomic E-state index is 0.459. The highest BCUT2D eigenvalue weighted by Gasteiger charge is 2.61. The zero-order valence-corrected chi connectivity index (χ0v) is 17.9. The monoisotopic (exact) mass is 358 g/mol. The molecule has 0 aromatic carbocycles. The molecule has 0 saturated heterocycles. The molecule has 1 nitrogen and oxygen atoms in total. The van der Waals surface area contributed by atoms with Crippen molar-refractivity contribution in [1.29, 1.82) is 0 Å². The van der Waals surface area contributed by atoms with Crippen molar-refractivity contribution in [2.24, 2.45) is 46.3 Å². The Hall–Kier alpha value is -0.330. The predicted molar refractivity (Wildman–Crippen MR) is 109 cm³/mol. The third-order valence-corrected chi connectivity index (χ3v) is 10.3. The molecule has 148 valence electrons. The van der Waals surface area contributed by atoms with Crippen molar-refractivity contribution in [3.63, 3.8) is 0 Å². The smallest absolute Gasteiger partial charge is 0.133 e. The first kappa shape index (κ1) is 19.0. The van der Waals surface area contributed by atoms with Gasteiger partial charge in [0.05, 0.1) is 0 Å². The summed E-state index contributed by atoms with van der Waals surface area (Å²) in [5.74, 6) is 5.90. The number of hydrogen-bond acceptors (Lipinski definition) is 1. The van der Waals surface area contributed by atoms with Crippen molar-refractivity contribution in [1.82, 2.24) is 0 Å². The first-order valence-electron chi connectivity index (χ1n) is 12.0. The standard InChI is InChI=1S/C25H42O/c1-5-7-8-18-9-10-21-20-15-17(6-2)23-16-19(26)11-13-25(23,4)22(20)12-14-24(18,21)3/h17-18,20-23H,5-16H2,1-4H3/t17-,18?,20?,21?,22-,23?,24?,25?/m0/s1. The van der Waals surface area contributed by atoms with Crippen LogP contribution in [0.15, 0.2) is 0 Å². The van der Waals surface area contributed by atoms with Gasteiger partial charge >= 0.3 is 0 Å². The van der Waals surface area contributed by atoms with Crippen molar-refractivity contribution in [3.8, 4) is 0 Å². The summed E-state index contributed by atoms with van der Waals surface area (Å²) in [6, 6.07) is 0. The van der Waals surface area contributed by atoms with E-state index in [4.69, 9.17) is 0 Å². The van der Waals surface area contributed by atoms with Gasteiger partial charge in [0.1, 0.15) is 5.78 Å². The topological polar surface area (TPSA) is 17.1 Å². The minimum atomic E-state index is 0.459. The van der Waals surface area contributed by atoms with Gasteiger partial charge in [0.25, 0.3) is 0 Å². The molecule has 0 aromatic rings. The quantitative estimate of drug-likeness (QED) is 0.526. The number of fused-ring (bicyclic) bond motifs is 5. The van der Waals surface area contributed by atoms with Crippen LogP contribution in [-0.2, 0) is 4.79 Å². The van der Waals surface area contributed by atoms with Crippen LogP contribution in [0.3, 0.4) is 0 Å². The fraction of sp³-hybridized carbons (Fsp3) is 0.960. The van der Waals surface area contributed by atoms with Crippen LogP contribution in [0.1, 0.15) is 105 Å². The molecule has 4 saturated carbocycles. The second-order valence-corrected chi connectivity index (χ2v) is 11.1. The van der Waals surface area contributed by atoms with Crippen LogP contribution in [0.5, 0.6) is 0 Å². The number of unbranched alkanes of at least 4 members (excludes halogenated alkanes) is 1. The van der Waals surface area contributed by atoms with E-state index in [1.54, 1.807) is 0 Å². The summed E-state index contributed by atoms with van der Waals surface area (Å²) in [6.07, 6.45) is 15.9.